The number of nitrogens with one attached hydrogen (secondary N) is 1. The maximum atomic E-state index is 12.4. The van der Waals surface area contributed by atoms with Crippen molar-refractivity contribution >= 4 is 11.8 Å². The van der Waals surface area contributed by atoms with Crippen molar-refractivity contribution in [3.8, 4) is 0 Å². The number of ketones is 1. The van der Waals surface area contributed by atoms with Crippen LogP contribution < -0.4 is 5.56 Å². The van der Waals surface area contributed by atoms with Crippen LogP contribution in [0.4, 0.5) is 0 Å². The molecule has 0 aliphatic heterocycles. The molecule has 23 heavy (non-hydrogen) atoms. The number of aromatic nitrogens is 1. The molecule has 1 N–H and O–H groups in total. The van der Waals surface area contributed by atoms with Crippen LogP contribution in [0.1, 0.15) is 57.2 Å². The van der Waals surface area contributed by atoms with Gasteiger partial charge >= 0.3 is 5.97 Å². The third-order valence-corrected chi connectivity index (χ3v) is 3.96. The number of hydrogen-bond acceptors (Lipinski definition) is 5. The van der Waals surface area contributed by atoms with Crippen molar-refractivity contribution in [1.82, 2.24) is 4.98 Å². The van der Waals surface area contributed by atoms with Crippen molar-refractivity contribution in [1.29, 1.82) is 0 Å². The summed E-state index contributed by atoms with van der Waals surface area (Å²) in [5.41, 5.74) is 0.253. The molecule has 6 heteroatoms. The Morgan fingerprint density at radius 3 is 2.78 bits per heavy atom. The molecule has 0 saturated heterocycles. The number of fused-ring (bicyclic) bond motifs is 1. The van der Waals surface area contributed by atoms with Crippen LogP contribution in [0.15, 0.2) is 27.4 Å². The summed E-state index contributed by atoms with van der Waals surface area (Å²) in [7, 11) is 0. The molecule has 0 fully saturated rings. The molecule has 0 spiro atoms. The van der Waals surface area contributed by atoms with Gasteiger partial charge in [-0.1, -0.05) is 0 Å². The van der Waals surface area contributed by atoms with Crippen LogP contribution in [0.5, 0.6) is 0 Å². The minimum Gasteiger partial charge on any atom is -0.466 e. The first kappa shape index (κ1) is 15.3. The Labute approximate surface area is 132 Å². The van der Waals surface area contributed by atoms with Gasteiger partial charge in [0.15, 0.2) is 5.78 Å². The van der Waals surface area contributed by atoms with E-state index in [1.807, 2.05) is 19.1 Å². The largest absolute Gasteiger partial charge is 0.466 e. The van der Waals surface area contributed by atoms with Gasteiger partial charge in [0.25, 0.3) is 5.56 Å². The molecule has 0 amide bonds. The van der Waals surface area contributed by atoms with E-state index in [0.717, 1.165) is 11.5 Å². The summed E-state index contributed by atoms with van der Waals surface area (Å²) in [6.45, 7) is 3.67. The van der Waals surface area contributed by atoms with Crippen LogP contribution in [0.2, 0.25) is 0 Å². The van der Waals surface area contributed by atoms with Crippen LogP contribution in [0.25, 0.3) is 0 Å². The zero-order chi connectivity index (χ0) is 16.6. The van der Waals surface area contributed by atoms with Crippen LogP contribution in [0, 0.1) is 6.92 Å². The quantitative estimate of drug-likeness (QED) is 0.878. The molecule has 2 aromatic rings. The fraction of sp³-hybridized carbons (Fsp3) is 0.353. The van der Waals surface area contributed by atoms with Crippen LogP contribution >= 0.6 is 0 Å². The Morgan fingerprint density at radius 2 is 2.13 bits per heavy atom. The Morgan fingerprint density at radius 1 is 1.35 bits per heavy atom. The van der Waals surface area contributed by atoms with Gasteiger partial charge in [-0.2, -0.15) is 0 Å². The van der Waals surface area contributed by atoms with Crippen LogP contribution in [-0.2, 0) is 11.2 Å². The predicted molar refractivity (Wildman–Crippen MR) is 81.9 cm³/mol. The third kappa shape index (κ3) is 2.84. The molecule has 1 aliphatic carbocycles. The highest BCUT2D eigenvalue weighted by molar-refractivity contribution is 6.01. The Hall–Kier alpha value is -2.63. The normalized spacial score (nSPS) is 17.0. The fourth-order valence-corrected chi connectivity index (χ4v) is 2.87. The lowest BCUT2D eigenvalue weighted by atomic mass is 9.84. The molecule has 6 nitrogen and oxygen atoms in total. The van der Waals surface area contributed by atoms with E-state index in [-0.39, 0.29) is 30.3 Å². The van der Waals surface area contributed by atoms with E-state index in [2.05, 4.69) is 4.98 Å². The summed E-state index contributed by atoms with van der Waals surface area (Å²) < 4.78 is 10.4. The van der Waals surface area contributed by atoms with Crippen molar-refractivity contribution in [2.45, 2.75) is 32.6 Å². The number of carbonyl (C=O) groups is 2. The van der Waals surface area contributed by atoms with Gasteiger partial charge in [0, 0.05) is 23.6 Å². The number of aryl methyl sites for hydroxylation is 1. The molecule has 120 valence electrons. The molecule has 3 rings (SSSR count). The highest BCUT2D eigenvalue weighted by atomic mass is 16.5. The summed E-state index contributed by atoms with van der Waals surface area (Å²) in [6.07, 6.45) is 0.778. The number of carbonyl (C=O) groups excluding carboxylic acids is 2. The lowest BCUT2D eigenvalue weighted by molar-refractivity contribution is 0.0524. The van der Waals surface area contributed by atoms with Crippen LogP contribution in [-0.4, -0.2) is 23.3 Å². The summed E-state index contributed by atoms with van der Waals surface area (Å²) in [4.78, 5) is 38.9. The summed E-state index contributed by atoms with van der Waals surface area (Å²) in [6, 6.07) is 5.05. The molecule has 0 aromatic carbocycles. The monoisotopic (exact) mass is 315 g/mol. The van der Waals surface area contributed by atoms with Gasteiger partial charge < -0.3 is 14.1 Å². The number of rotatable bonds is 3. The first-order valence-electron chi connectivity index (χ1n) is 7.52. The van der Waals surface area contributed by atoms with E-state index in [9.17, 15) is 14.4 Å². The number of aromatic amines is 1. The average molecular weight is 315 g/mol. The van der Waals surface area contributed by atoms with Crippen molar-refractivity contribution < 1.29 is 18.7 Å². The zero-order valence-electron chi connectivity index (χ0n) is 13.0. The second kappa shape index (κ2) is 5.87. The Kier molecular flexibility index (Phi) is 3.90. The van der Waals surface area contributed by atoms with Crippen molar-refractivity contribution in [2.75, 3.05) is 6.61 Å². The lowest BCUT2D eigenvalue weighted by Crippen LogP contribution is -2.27. The smallest absolute Gasteiger partial charge is 0.343 e. The number of furan rings is 1. The van der Waals surface area contributed by atoms with Crippen molar-refractivity contribution in [3.63, 3.8) is 0 Å². The highest BCUT2D eigenvalue weighted by Crippen LogP contribution is 2.32. The SMILES string of the molecule is CCOC(=O)c1cc2c([nH]c1=O)C[C@@H](c1ccc(C)o1)CC2=O. The summed E-state index contributed by atoms with van der Waals surface area (Å²) >= 11 is 0. The predicted octanol–water partition coefficient (Wildman–Crippen LogP) is 2.37. The van der Waals surface area contributed by atoms with E-state index in [1.54, 1.807) is 6.92 Å². The topological polar surface area (TPSA) is 89.4 Å². The number of ether oxygens (including phenoxy) is 1. The standard InChI is InChI=1S/C17H17NO5/c1-3-22-17(21)12-8-11-13(18-16(12)20)6-10(7-14(11)19)15-5-4-9(2)23-15/h4-5,8,10H,3,6-7H2,1-2H3,(H,18,20)/t10-/m1/s1. The molecular formula is C17H17NO5. The van der Waals surface area contributed by atoms with Crippen LogP contribution in [0.3, 0.4) is 0 Å². The van der Waals surface area contributed by atoms with E-state index in [1.165, 1.54) is 6.07 Å². The number of Topliss-reactive ketones (excluding diaryl/α,β-unsaturated/α-hetero) is 1. The summed E-state index contributed by atoms with van der Waals surface area (Å²) in [5.74, 6) is 0.578. The number of esters is 1. The molecule has 0 unspecified atom stereocenters. The van der Waals surface area contributed by atoms with E-state index >= 15 is 0 Å². The fourth-order valence-electron chi connectivity index (χ4n) is 2.87. The zero-order valence-corrected chi connectivity index (χ0v) is 13.0. The minimum atomic E-state index is -0.715. The summed E-state index contributed by atoms with van der Waals surface area (Å²) in [5, 5.41) is 0. The van der Waals surface area contributed by atoms with Crippen molar-refractivity contribution in [2.24, 2.45) is 0 Å². The van der Waals surface area contributed by atoms with E-state index in [4.69, 9.17) is 9.15 Å². The second-order valence-electron chi connectivity index (χ2n) is 5.60. The molecule has 2 aromatic heterocycles. The number of hydrogen-bond donors (Lipinski definition) is 1. The first-order valence-corrected chi connectivity index (χ1v) is 7.52. The van der Waals surface area contributed by atoms with Gasteiger partial charge in [-0.3, -0.25) is 9.59 Å². The van der Waals surface area contributed by atoms with Gasteiger partial charge in [0.1, 0.15) is 17.1 Å². The van der Waals surface area contributed by atoms with Gasteiger partial charge in [-0.25, -0.2) is 4.79 Å². The first-order chi connectivity index (χ1) is 11.0. The number of H-pyrrole nitrogens is 1. The molecule has 1 aliphatic rings. The maximum absolute atomic E-state index is 12.4. The van der Waals surface area contributed by atoms with Gasteiger partial charge in [-0.05, 0) is 38.5 Å². The highest BCUT2D eigenvalue weighted by Gasteiger charge is 2.30. The van der Waals surface area contributed by atoms with Gasteiger partial charge in [-0.15, -0.1) is 0 Å². The van der Waals surface area contributed by atoms with E-state index in [0.29, 0.717) is 17.7 Å². The molecule has 0 bridgehead atoms. The lowest BCUT2D eigenvalue weighted by Gasteiger charge is -2.22. The Bertz CT molecular complexity index is 830. The van der Waals surface area contributed by atoms with Gasteiger partial charge in [0.2, 0.25) is 0 Å². The average Bonchev–Trinajstić information content (AvgIpc) is 2.93. The molecule has 0 radical (unpaired) electrons. The van der Waals surface area contributed by atoms with E-state index < -0.39 is 11.5 Å². The molecule has 2 heterocycles. The van der Waals surface area contributed by atoms with Crippen molar-refractivity contribution in [3.05, 3.63) is 56.9 Å². The van der Waals surface area contributed by atoms with Gasteiger partial charge in [0.05, 0.1) is 6.61 Å². The Balaban J connectivity index is 1.97. The minimum absolute atomic E-state index is 0.104. The number of pyridine rings is 1. The third-order valence-electron chi connectivity index (χ3n) is 3.96. The molecule has 1 atom stereocenters. The molecule has 0 saturated carbocycles. The molecular weight excluding hydrogens is 298 g/mol. The maximum Gasteiger partial charge on any atom is 0.343 e. The second-order valence-corrected chi connectivity index (χ2v) is 5.60.